The van der Waals surface area contributed by atoms with Gasteiger partial charge in [-0.05, 0) is 0 Å². The molecule has 1 rings (SSSR count). The molecule has 0 bridgehead atoms. The van der Waals surface area contributed by atoms with Gasteiger partial charge >= 0.3 is 5.69 Å². The summed E-state index contributed by atoms with van der Waals surface area (Å²) < 4.78 is 13.2. The van der Waals surface area contributed by atoms with Crippen LogP contribution in [0.5, 0.6) is 0 Å². The highest BCUT2D eigenvalue weighted by Crippen LogP contribution is 1.93. The molecule has 17 heavy (non-hydrogen) atoms. The van der Waals surface area contributed by atoms with Gasteiger partial charge in [0, 0.05) is 0 Å². The normalized spacial score (nSPS) is 12.1. The van der Waals surface area contributed by atoms with Crippen molar-refractivity contribution in [3.63, 3.8) is 0 Å². The van der Waals surface area contributed by atoms with Crippen molar-refractivity contribution in [1.82, 2.24) is 9.55 Å². The molecule has 1 heterocycles. The maximum Gasteiger partial charge on any atom is 0.335 e. The fourth-order valence-electron chi connectivity index (χ4n) is 1.02. The van der Waals surface area contributed by atoms with Crippen molar-refractivity contribution in [2.24, 2.45) is 11.5 Å². The summed E-state index contributed by atoms with van der Waals surface area (Å²) in [4.78, 5) is 45.5. The first kappa shape index (κ1) is 12.8. The maximum absolute atomic E-state index is 12.8. The lowest BCUT2D eigenvalue weighted by Gasteiger charge is -2.07. The zero-order valence-electron chi connectivity index (χ0n) is 8.47. The van der Waals surface area contributed by atoms with E-state index in [1.165, 1.54) is 0 Å². The van der Waals surface area contributed by atoms with E-state index >= 15 is 0 Å². The van der Waals surface area contributed by atoms with Crippen LogP contribution in [-0.2, 0) is 4.79 Å². The number of nitrogens with zero attached hydrogens (tertiary/aromatic N) is 1. The fourth-order valence-corrected chi connectivity index (χ4v) is 1.02. The second kappa shape index (κ2) is 4.70. The second-order valence-corrected chi connectivity index (χ2v) is 3.21. The Morgan fingerprint density at radius 3 is 2.59 bits per heavy atom. The summed E-state index contributed by atoms with van der Waals surface area (Å²) in [6, 6.07) is -1.29. The van der Waals surface area contributed by atoms with Crippen molar-refractivity contribution < 1.29 is 14.0 Å². The molecule has 0 saturated heterocycles. The number of halogens is 1. The zero-order valence-corrected chi connectivity index (χ0v) is 8.47. The summed E-state index contributed by atoms with van der Waals surface area (Å²) in [5, 5.41) is 0. The fraction of sp³-hybridized carbons (Fsp3) is 0.250. The molecule has 5 N–H and O–H groups in total. The summed E-state index contributed by atoms with van der Waals surface area (Å²) in [5.41, 5.74) is 7.66. The number of nitrogens with two attached hydrogens (primary N) is 2. The number of carbonyl (C=O) groups excluding carboxylic acids is 2. The van der Waals surface area contributed by atoms with Crippen molar-refractivity contribution in [2.45, 2.75) is 12.5 Å². The van der Waals surface area contributed by atoms with Crippen LogP contribution in [0, 0.1) is 5.82 Å². The Kier molecular flexibility index (Phi) is 3.53. The number of hydrogen-bond donors (Lipinski definition) is 3. The molecule has 1 aromatic heterocycles. The molecule has 1 atom stereocenters. The van der Waals surface area contributed by atoms with Crippen LogP contribution in [0.4, 0.5) is 4.39 Å². The molecule has 0 fully saturated rings. The first-order valence-corrected chi connectivity index (χ1v) is 4.42. The average Bonchev–Trinajstić information content (AvgIpc) is 2.22. The van der Waals surface area contributed by atoms with Crippen LogP contribution in [0.25, 0.3) is 0 Å². The third kappa shape index (κ3) is 2.84. The molecule has 0 aromatic carbocycles. The van der Waals surface area contributed by atoms with Gasteiger partial charge in [-0.2, -0.15) is 4.39 Å². The van der Waals surface area contributed by atoms with Crippen LogP contribution < -0.4 is 22.7 Å². The third-order valence-corrected chi connectivity index (χ3v) is 1.93. The van der Waals surface area contributed by atoms with Crippen LogP contribution in [0.1, 0.15) is 11.2 Å². The zero-order chi connectivity index (χ0) is 13.2. The lowest BCUT2D eigenvalue weighted by atomic mass is 10.2. The summed E-state index contributed by atoms with van der Waals surface area (Å²) >= 11 is 0. The average molecular weight is 244 g/mol. The summed E-state index contributed by atoms with van der Waals surface area (Å²) in [6.07, 6.45) is -0.141. The molecule has 0 aliphatic heterocycles. The van der Waals surface area contributed by atoms with Crippen molar-refractivity contribution in [3.05, 3.63) is 32.9 Å². The molecule has 0 radical (unpaired) electrons. The van der Waals surface area contributed by atoms with E-state index in [1.54, 1.807) is 4.98 Å². The van der Waals surface area contributed by atoms with Gasteiger partial charge in [0.25, 0.3) is 5.56 Å². The van der Waals surface area contributed by atoms with E-state index in [9.17, 15) is 23.6 Å². The van der Waals surface area contributed by atoms with Gasteiger partial charge in [0.2, 0.25) is 17.6 Å². The molecule has 8 nitrogen and oxygen atoms in total. The van der Waals surface area contributed by atoms with Gasteiger partial charge in [-0.25, -0.2) is 9.36 Å². The van der Waals surface area contributed by atoms with Crippen LogP contribution in [-0.4, -0.2) is 27.4 Å². The Morgan fingerprint density at radius 2 is 2.06 bits per heavy atom. The van der Waals surface area contributed by atoms with E-state index in [2.05, 4.69) is 0 Å². The lowest BCUT2D eigenvalue weighted by Crippen LogP contribution is -2.42. The highest BCUT2D eigenvalue weighted by atomic mass is 19.1. The Labute approximate surface area is 93.0 Å². The van der Waals surface area contributed by atoms with Crippen molar-refractivity contribution in [1.29, 1.82) is 0 Å². The SMILES string of the molecule is NC(=O)C(N)CC(=O)n1cc(F)c(=O)[nH]c1=O. The predicted molar refractivity (Wildman–Crippen MR) is 53.7 cm³/mol. The van der Waals surface area contributed by atoms with Gasteiger partial charge in [-0.1, -0.05) is 0 Å². The number of rotatable bonds is 3. The molecule has 0 saturated carbocycles. The molecule has 1 unspecified atom stereocenters. The van der Waals surface area contributed by atoms with Crippen molar-refractivity contribution in [2.75, 3.05) is 0 Å². The van der Waals surface area contributed by atoms with Gasteiger partial charge in [-0.3, -0.25) is 19.4 Å². The first-order valence-electron chi connectivity index (χ1n) is 4.42. The predicted octanol–water partition coefficient (Wildman–Crippen LogP) is -2.48. The number of nitrogens with one attached hydrogen (secondary N) is 1. The minimum atomic E-state index is -1.30. The number of aromatic amines is 1. The highest BCUT2D eigenvalue weighted by molar-refractivity contribution is 5.88. The number of carbonyl (C=O) groups is 2. The van der Waals surface area contributed by atoms with Crippen LogP contribution in [0.3, 0.4) is 0 Å². The van der Waals surface area contributed by atoms with Gasteiger partial charge in [-0.15, -0.1) is 0 Å². The Hall–Kier alpha value is -2.29. The Morgan fingerprint density at radius 1 is 1.47 bits per heavy atom. The first-order chi connectivity index (χ1) is 7.82. The largest absolute Gasteiger partial charge is 0.368 e. The standard InChI is InChI=1S/C8H9FN4O4/c9-3-2-13(8(17)12-7(3)16)5(14)1-4(10)6(11)15/h2,4H,1,10H2,(H2,11,15)(H,12,16,17). The molecule has 0 aliphatic rings. The summed E-state index contributed by atoms with van der Waals surface area (Å²) in [5.74, 6) is -3.18. The minimum absolute atomic E-state index is 0.319. The maximum atomic E-state index is 12.8. The molecular weight excluding hydrogens is 235 g/mol. The molecule has 9 heteroatoms. The van der Waals surface area contributed by atoms with Crippen LogP contribution >= 0.6 is 0 Å². The molecule has 92 valence electrons. The molecule has 1 amide bonds. The molecule has 0 aliphatic carbocycles. The summed E-state index contributed by atoms with van der Waals surface area (Å²) in [6.45, 7) is 0. The number of aromatic nitrogens is 2. The highest BCUT2D eigenvalue weighted by Gasteiger charge is 2.18. The Bertz CT molecular complexity index is 576. The van der Waals surface area contributed by atoms with E-state index in [0.29, 0.717) is 10.8 Å². The topological polar surface area (TPSA) is 141 Å². The van der Waals surface area contributed by atoms with Crippen LogP contribution in [0.2, 0.25) is 0 Å². The van der Waals surface area contributed by atoms with Crippen molar-refractivity contribution in [3.8, 4) is 0 Å². The number of primary amides is 1. The van der Waals surface area contributed by atoms with E-state index in [1.807, 2.05) is 0 Å². The smallest absolute Gasteiger partial charge is 0.335 e. The summed E-state index contributed by atoms with van der Waals surface area (Å²) in [7, 11) is 0. The van der Waals surface area contributed by atoms with E-state index < -0.39 is 41.3 Å². The minimum Gasteiger partial charge on any atom is -0.368 e. The number of H-pyrrole nitrogens is 1. The monoisotopic (exact) mass is 244 g/mol. The van der Waals surface area contributed by atoms with Gasteiger partial charge in [0.15, 0.2) is 0 Å². The number of hydrogen-bond acceptors (Lipinski definition) is 5. The second-order valence-electron chi connectivity index (χ2n) is 3.21. The molecule has 0 spiro atoms. The van der Waals surface area contributed by atoms with E-state index in [-0.39, 0.29) is 0 Å². The third-order valence-electron chi connectivity index (χ3n) is 1.93. The van der Waals surface area contributed by atoms with Crippen molar-refractivity contribution >= 4 is 11.8 Å². The number of amides is 1. The van der Waals surface area contributed by atoms with E-state index in [4.69, 9.17) is 11.5 Å². The van der Waals surface area contributed by atoms with Gasteiger partial charge in [0.1, 0.15) is 0 Å². The van der Waals surface area contributed by atoms with Crippen LogP contribution in [0.15, 0.2) is 15.8 Å². The lowest BCUT2D eigenvalue weighted by molar-refractivity contribution is -0.119. The molecule has 1 aromatic rings. The molecular formula is C8H9FN4O4. The van der Waals surface area contributed by atoms with E-state index in [0.717, 1.165) is 0 Å². The van der Waals surface area contributed by atoms with Gasteiger partial charge in [0.05, 0.1) is 18.7 Å². The Balaban J connectivity index is 3.06. The quantitative estimate of drug-likeness (QED) is 0.539. The van der Waals surface area contributed by atoms with Gasteiger partial charge < -0.3 is 11.5 Å².